The number of carbonyl (C=O) groups is 1. The highest BCUT2D eigenvalue weighted by atomic mass is 19.3. The molecule has 1 saturated carbocycles. The second-order valence-corrected chi connectivity index (χ2v) is 6.31. The van der Waals surface area contributed by atoms with Gasteiger partial charge in [-0.2, -0.15) is 0 Å². The molecule has 1 aliphatic rings. The van der Waals surface area contributed by atoms with Crippen molar-refractivity contribution in [2.45, 2.75) is 51.4 Å². The fourth-order valence-electron chi connectivity index (χ4n) is 3.76. The molecule has 24 heavy (non-hydrogen) atoms. The molecular formula is C19H26F2O3. The van der Waals surface area contributed by atoms with Gasteiger partial charge in [0.2, 0.25) is 0 Å². The van der Waals surface area contributed by atoms with Crippen LogP contribution in [0.15, 0.2) is 24.3 Å². The Bertz CT molecular complexity index is 510. The summed E-state index contributed by atoms with van der Waals surface area (Å²) in [6, 6.07) is 7.19. The summed E-state index contributed by atoms with van der Waals surface area (Å²) in [7, 11) is 1.17. The molecule has 2 atom stereocenters. The smallest absolute Gasteiger partial charge is 0.315 e. The van der Waals surface area contributed by atoms with E-state index in [0.29, 0.717) is 12.4 Å². The van der Waals surface area contributed by atoms with Crippen molar-refractivity contribution in [3.8, 4) is 5.75 Å². The summed E-state index contributed by atoms with van der Waals surface area (Å²) in [5.41, 5.74) is 0.765. The van der Waals surface area contributed by atoms with Crippen LogP contribution in [0.2, 0.25) is 0 Å². The molecule has 1 fully saturated rings. The number of methoxy groups -OCH3 is 1. The van der Waals surface area contributed by atoms with Crippen molar-refractivity contribution >= 4 is 5.97 Å². The van der Waals surface area contributed by atoms with Crippen LogP contribution in [-0.2, 0) is 9.53 Å². The zero-order valence-electron chi connectivity index (χ0n) is 14.3. The zero-order chi connectivity index (χ0) is 17.5. The van der Waals surface area contributed by atoms with E-state index in [0.717, 1.165) is 37.7 Å². The van der Waals surface area contributed by atoms with Gasteiger partial charge < -0.3 is 9.47 Å². The fourth-order valence-corrected chi connectivity index (χ4v) is 3.76. The number of rotatable bonds is 7. The lowest BCUT2D eigenvalue weighted by Crippen LogP contribution is -2.35. The predicted molar refractivity (Wildman–Crippen MR) is 88.4 cm³/mol. The molecule has 0 heterocycles. The zero-order valence-corrected chi connectivity index (χ0v) is 14.3. The van der Waals surface area contributed by atoms with Crippen molar-refractivity contribution in [3.05, 3.63) is 29.8 Å². The summed E-state index contributed by atoms with van der Waals surface area (Å²) in [5, 5.41) is 0. The number of halogens is 2. The van der Waals surface area contributed by atoms with E-state index in [1.54, 1.807) is 12.1 Å². The van der Waals surface area contributed by atoms with Crippen LogP contribution in [0.3, 0.4) is 0 Å². The maximum absolute atomic E-state index is 13.7. The van der Waals surface area contributed by atoms with Crippen molar-refractivity contribution < 1.29 is 23.0 Å². The van der Waals surface area contributed by atoms with E-state index in [4.69, 9.17) is 4.74 Å². The minimum atomic E-state index is -2.74. The van der Waals surface area contributed by atoms with Crippen LogP contribution < -0.4 is 4.74 Å². The molecule has 0 aliphatic heterocycles. The molecule has 5 heteroatoms. The van der Waals surface area contributed by atoms with E-state index in [1.807, 2.05) is 19.1 Å². The highest BCUT2D eigenvalue weighted by molar-refractivity contribution is 5.74. The van der Waals surface area contributed by atoms with Gasteiger partial charge in [0.05, 0.1) is 13.7 Å². The Hall–Kier alpha value is -1.65. The molecule has 0 radical (unpaired) electrons. The number of ether oxygens (including phenoxy) is 2. The maximum Gasteiger partial charge on any atom is 0.315 e. The maximum atomic E-state index is 13.7. The first-order valence-corrected chi connectivity index (χ1v) is 8.67. The van der Waals surface area contributed by atoms with E-state index < -0.39 is 24.2 Å². The Morgan fingerprint density at radius 1 is 1.17 bits per heavy atom. The summed E-state index contributed by atoms with van der Waals surface area (Å²) in [5.74, 6) is -1.98. The first-order valence-electron chi connectivity index (χ1n) is 8.67. The standard InChI is InChI=1S/C19H26F2O3/c1-3-24-15-11-9-14(10-12-15)16(13-7-5-4-6-8-13)17(18(20)21)19(22)23-2/h9-13,16-18H,3-8H2,1-2H3. The molecule has 0 aromatic heterocycles. The van der Waals surface area contributed by atoms with Gasteiger partial charge in [0.15, 0.2) is 0 Å². The number of alkyl halides is 2. The lowest BCUT2D eigenvalue weighted by Gasteiger charge is -2.34. The fraction of sp³-hybridized carbons (Fsp3) is 0.632. The second kappa shape index (κ2) is 9.00. The topological polar surface area (TPSA) is 35.5 Å². The van der Waals surface area contributed by atoms with Gasteiger partial charge in [-0.05, 0) is 43.4 Å². The van der Waals surface area contributed by atoms with Crippen LogP contribution in [0.25, 0.3) is 0 Å². The monoisotopic (exact) mass is 340 g/mol. The van der Waals surface area contributed by atoms with Crippen LogP contribution in [-0.4, -0.2) is 26.1 Å². The van der Waals surface area contributed by atoms with Crippen LogP contribution in [0.1, 0.15) is 50.5 Å². The molecule has 2 rings (SSSR count). The summed E-state index contributed by atoms with van der Waals surface area (Å²) >= 11 is 0. The van der Waals surface area contributed by atoms with Gasteiger partial charge in [0.25, 0.3) is 6.43 Å². The first-order chi connectivity index (χ1) is 11.6. The van der Waals surface area contributed by atoms with Crippen LogP contribution in [0.5, 0.6) is 5.75 Å². The predicted octanol–water partition coefficient (Wildman–Crippen LogP) is 4.80. The molecule has 0 saturated heterocycles. The van der Waals surface area contributed by atoms with Crippen molar-refractivity contribution in [3.63, 3.8) is 0 Å². The molecule has 0 amide bonds. The third-order valence-corrected chi connectivity index (χ3v) is 4.87. The Morgan fingerprint density at radius 3 is 2.29 bits per heavy atom. The lowest BCUT2D eigenvalue weighted by atomic mass is 9.71. The number of carbonyl (C=O) groups excluding carboxylic acids is 1. The molecule has 1 aromatic carbocycles. The first kappa shape index (κ1) is 18.7. The van der Waals surface area contributed by atoms with Gasteiger partial charge in [0.1, 0.15) is 11.7 Å². The molecule has 134 valence electrons. The molecule has 1 aromatic rings. The molecule has 2 unspecified atom stereocenters. The number of hydrogen-bond acceptors (Lipinski definition) is 3. The molecule has 1 aliphatic carbocycles. The van der Waals surface area contributed by atoms with Gasteiger partial charge in [-0.3, -0.25) is 4.79 Å². The third-order valence-electron chi connectivity index (χ3n) is 4.87. The van der Waals surface area contributed by atoms with E-state index in [1.165, 1.54) is 7.11 Å². The van der Waals surface area contributed by atoms with Crippen molar-refractivity contribution in [1.29, 1.82) is 0 Å². The van der Waals surface area contributed by atoms with Crippen molar-refractivity contribution in [2.24, 2.45) is 11.8 Å². The highest BCUT2D eigenvalue weighted by Gasteiger charge is 2.42. The molecule has 3 nitrogen and oxygen atoms in total. The van der Waals surface area contributed by atoms with Gasteiger partial charge in [-0.1, -0.05) is 31.4 Å². The number of benzene rings is 1. The van der Waals surface area contributed by atoms with Crippen LogP contribution in [0.4, 0.5) is 8.78 Å². The quantitative estimate of drug-likeness (QED) is 0.669. The highest BCUT2D eigenvalue weighted by Crippen LogP contribution is 2.43. The molecule has 0 bridgehead atoms. The summed E-state index contributed by atoms with van der Waals surface area (Å²) in [6.45, 7) is 2.44. The van der Waals surface area contributed by atoms with Gasteiger partial charge >= 0.3 is 5.97 Å². The number of hydrogen-bond donors (Lipinski definition) is 0. The van der Waals surface area contributed by atoms with E-state index in [-0.39, 0.29) is 5.92 Å². The largest absolute Gasteiger partial charge is 0.494 e. The van der Waals surface area contributed by atoms with Gasteiger partial charge in [0, 0.05) is 5.92 Å². The minimum Gasteiger partial charge on any atom is -0.494 e. The van der Waals surface area contributed by atoms with E-state index >= 15 is 0 Å². The number of esters is 1. The van der Waals surface area contributed by atoms with Crippen LogP contribution >= 0.6 is 0 Å². The lowest BCUT2D eigenvalue weighted by molar-refractivity contribution is -0.153. The summed E-state index contributed by atoms with van der Waals surface area (Å²) < 4.78 is 37.5. The average molecular weight is 340 g/mol. The normalized spacial score (nSPS) is 18.2. The average Bonchev–Trinajstić information content (AvgIpc) is 2.60. The summed E-state index contributed by atoms with van der Waals surface area (Å²) in [6.07, 6.45) is 2.18. The Kier molecular flexibility index (Phi) is 7.00. The SMILES string of the molecule is CCOc1ccc(C(C2CCCCC2)C(C(=O)OC)C(F)F)cc1. The Labute approximate surface area is 142 Å². The van der Waals surface area contributed by atoms with Gasteiger partial charge in [-0.15, -0.1) is 0 Å². The Balaban J connectivity index is 2.35. The summed E-state index contributed by atoms with van der Waals surface area (Å²) in [4.78, 5) is 12.1. The Morgan fingerprint density at radius 2 is 1.79 bits per heavy atom. The second-order valence-electron chi connectivity index (χ2n) is 6.31. The molecule has 0 N–H and O–H groups in total. The third kappa shape index (κ3) is 4.46. The molecular weight excluding hydrogens is 314 g/mol. The van der Waals surface area contributed by atoms with Gasteiger partial charge in [-0.25, -0.2) is 8.78 Å². The van der Waals surface area contributed by atoms with Crippen molar-refractivity contribution in [1.82, 2.24) is 0 Å². The van der Waals surface area contributed by atoms with Crippen molar-refractivity contribution in [2.75, 3.05) is 13.7 Å². The van der Waals surface area contributed by atoms with Crippen LogP contribution in [0, 0.1) is 11.8 Å². The minimum absolute atomic E-state index is 0.0785. The van der Waals surface area contributed by atoms with E-state index in [9.17, 15) is 13.6 Å². The van der Waals surface area contributed by atoms with E-state index in [2.05, 4.69) is 4.74 Å². The molecule has 0 spiro atoms.